The standard InChI is InChI=1S/C15H23N3O/c1-2-4-14(5-3-1)19-13-12-18-11-10-17-15(18)6-8-16-9-7-15/h1-5,16-17H,6-13H2. The quantitative estimate of drug-likeness (QED) is 0.849. The summed E-state index contributed by atoms with van der Waals surface area (Å²) in [6, 6.07) is 10.1. The third-order valence-corrected chi connectivity index (χ3v) is 4.24. The molecule has 104 valence electrons. The number of hydrogen-bond acceptors (Lipinski definition) is 4. The first-order chi connectivity index (χ1) is 9.39. The van der Waals surface area contributed by atoms with Crippen molar-refractivity contribution in [3.8, 4) is 5.75 Å². The van der Waals surface area contributed by atoms with E-state index in [2.05, 4.69) is 15.5 Å². The summed E-state index contributed by atoms with van der Waals surface area (Å²) in [5.74, 6) is 0.967. The lowest BCUT2D eigenvalue weighted by molar-refractivity contribution is 0.0685. The fraction of sp³-hybridized carbons (Fsp3) is 0.600. The highest BCUT2D eigenvalue weighted by Gasteiger charge is 2.40. The van der Waals surface area contributed by atoms with Crippen LogP contribution in [0.3, 0.4) is 0 Å². The second-order valence-electron chi connectivity index (χ2n) is 5.36. The molecule has 19 heavy (non-hydrogen) atoms. The van der Waals surface area contributed by atoms with E-state index in [1.807, 2.05) is 30.3 Å². The van der Waals surface area contributed by atoms with E-state index < -0.39 is 0 Å². The van der Waals surface area contributed by atoms with Gasteiger partial charge in [0.15, 0.2) is 0 Å². The molecule has 0 unspecified atom stereocenters. The number of nitrogens with zero attached hydrogens (tertiary/aromatic N) is 1. The number of benzene rings is 1. The van der Waals surface area contributed by atoms with Crippen LogP contribution in [0, 0.1) is 0 Å². The zero-order valence-electron chi connectivity index (χ0n) is 11.4. The molecule has 3 rings (SSSR count). The molecule has 2 fully saturated rings. The summed E-state index contributed by atoms with van der Waals surface area (Å²) < 4.78 is 5.82. The Morgan fingerprint density at radius 2 is 1.89 bits per heavy atom. The Balaban J connectivity index is 1.51. The molecular weight excluding hydrogens is 238 g/mol. The zero-order chi connectivity index (χ0) is 13.0. The van der Waals surface area contributed by atoms with Gasteiger partial charge in [0, 0.05) is 19.6 Å². The van der Waals surface area contributed by atoms with Crippen LogP contribution in [-0.4, -0.2) is 49.9 Å². The lowest BCUT2D eigenvalue weighted by Gasteiger charge is -2.41. The number of rotatable bonds is 4. The van der Waals surface area contributed by atoms with Crippen LogP contribution in [0.1, 0.15) is 12.8 Å². The Hall–Kier alpha value is -1.10. The summed E-state index contributed by atoms with van der Waals surface area (Å²) in [6.07, 6.45) is 2.39. The zero-order valence-corrected chi connectivity index (χ0v) is 11.4. The van der Waals surface area contributed by atoms with Crippen molar-refractivity contribution in [3.63, 3.8) is 0 Å². The van der Waals surface area contributed by atoms with Crippen LogP contribution in [0.15, 0.2) is 30.3 Å². The summed E-state index contributed by atoms with van der Waals surface area (Å²) in [7, 11) is 0. The van der Waals surface area contributed by atoms with Crippen molar-refractivity contribution < 1.29 is 4.74 Å². The molecule has 0 aliphatic carbocycles. The van der Waals surface area contributed by atoms with Crippen molar-refractivity contribution in [3.05, 3.63) is 30.3 Å². The van der Waals surface area contributed by atoms with Gasteiger partial charge in [-0.05, 0) is 38.1 Å². The van der Waals surface area contributed by atoms with Gasteiger partial charge in [0.1, 0.15) is 12.4 Å². The van der Waals surface area contributed by atoms with E-state index in [1.54, 1.807) is 0 Å². The van der Waals surface area contributed by atoms with Gasteiger partial charge in [0.05, 0.1) is 5.66 Å². The van der Waals surface area contributed by atoms with Gasteiger partial charge in [-0.3, -0.25) is 10.2 Å². The number of nitrogens with one attached hydrogen (secondary N) is 2. The van der Waals surface area contributed by atoms with Crippen molar-refractivity contribution in [2.24, 2.45) is 0 Å². The van der Waals surface area contributed by atoms with Gasteiger partial charge in [-0.15, -0.1) is 0 Å². The maximum absolute atomic E-state index is 5.82. The molecule has 1 spiro atoms. The second-order valence-corrected chi connectivity index (χ2v) is 5.36. The molecule has 2 aliphatic heterocycles. The highest BCUT2D eigenvalue weighted by atomic mass is 16.5. The van der Waals surface area contributed by atoms with Crippen molar-refractivity contribution >= 4 is 0 Å². The predicted octanol–water partition coefficient (Wildman–Crippen LogP) is 1.05. The van der Waals surface area contributed by atoms with Gasteiger partial charge in [0.25, 0.3) is 0 Å². The minimum absolute atomic E-state index is 0.227. The summed E-state index contributed by atoms with van der Waals surface area (Å²) in [5, 5.41) is 7.14. The van der Waals surface area contributed by atoms with Gasteiger partial charge in [0.2, 0.25) is 0 Å². The number of ether oxygens (including phenoxy) is 1. The van der Waals surface area contributed by atoms with E-state index in [9.17, 15) is 0 Å². The fourth-order valence-corrected chi connectivity index (χ4v) is 3.20. The van der Waals surface area contributed by atoms with Gasteiger partial charge < -0.3 is 10.1 Å². The smallest absolute Gasteiger partial charge is 0.119 e. The fourth-order valence-electron chi connectivity index (χ4n) is 3.20. The molecule has 1 aromatic carbocycles. The van der Waals surface area contributed by atoms with Gasteiger partial charge in [-0.2, -0.15) is 0 Å². The van der Waals surface area contributed by atoms with E-state index in [0.29, 0.717) is 0 Å². The predicted molar refractivity (Wildman–Crippen MR) is 76.3 cm³/mol. The molecule has 0 aromatic heterocycles. The van der Waals surface area contributed by atoms with Crippen molar-refractivity contribution in [2.45, 2.75) is 18.5 Å². The lowest BCUT2D eigenvalue weighted by atomic mass is 9.97. The molecule has 0 atom stereocenters. The Morgan fingerprint density at radius 1 is 1.11 bits per heavy atom. The first kappa shape index (κ1) is 12.9. The molecule has 0 amide bonds. The van der Waals surface area contributed by atoms with Gasteiger partial charge >= 0.3 is 0 Å². The Labute approximate surface area is 115 Å². The van der Waals surface area contributed by atoms with E-state index in [1.165, 1.54) is 12.8 Å². The van der Waals surface area contributed by atoms with E-state index in [4.69, 9.17) is 4.74 Å². The molecule has 1 aromatic rings. The summed E-state index contributed by atoms with van der Waals surface area (Å²) in [4.78, 5) is 2.57. The normalized spacial score (nSPS) is 22.7. The highest BCUT2D eigenvalue weighted by Crippen LogP contribution is 2.26. The van der Waals surface area contributed by atoms with E-state index in [0.717, 1.165) is 45.1 Å². The minimum atomic E-state index is 0.227. The van der Waals surface area contributed by atoms with Crippen molar-refractivity contribution in [1.82, 2.24) is 15.5 Å². The van der Waals surface area contributed by atoms with Gasteiger partial charge in [-0.25, -0.2) is 0 Å². The molecule has 2 aliphatic rings. The minimum Gasteiger partial charge on any atom is -0.492 e. The van der Waals surface area contributed by atoms with Crippen LogP contribution in [0.2, 0.25) is 0 Å². The average Bonchev–Trinajstić information content (AvgIpc) is 2.83. The van der Waals surface area contributed by atoms with Crippen LogP contribution in [0.5, 0.6) is 5.75 Å². The molecular formula is C15H23N3O. The monoisotopic (exact) mass is 261 g/mol. The molecule has 2 heterocycles. The molecule has 0 bridgehead atoms. The second kappa shape index (κ2) is 5.90. The van der Waals surface area contributed by atoms with E-state index in [-0.39, 0.29) is 5.66 Å². The lowest BCUT2D eigenvalue weighted by Crippen LogP contribution is -2.58. The van der Waals surface area contributed by atoms with Crippen LogP contribution in [0.25, 0.3) is 0 Å². The molecule has 0 saturated carbocycles. The summed E-state index contributed by atoms with van der Waals surface area (Å²) >= 11 is 0. The third kappa shape index (κ3) is 2.91. The van der Waals surface area contributed by atoms with Gasteiger partial charge in [-0.1, -0.05) is 18.2 Å². The van der Waals surface area contributed by atoms with Crippen LogP contribution in [-0.2, 0) is 0 Å². The van der Waals surface area contributed by atoms with Crippen LogP contribution < -0.4 is 15.4 Å². The van der Waals surface area contributed by atoms with Crippen molar-refractivity contribution in [2.75, 3.05) is 39.3 Å². The molecule has 4 heteroatoms. The number of piperidine rings is 1. The molecule has 4 nitrogen and oxygen atoms in total. The Bertz CT molecular complexity index is 390. The van der Waals surface area contributed by atoms with E-state index >= 15 is 0 Å². The molecule has 2 saturated heterocycles. The SMILES string of the molecule is c1ccc(OCCN2CCNC23CCNCC3)cc1. The largest absolute Gasteiger partial charge is 0.492 e. The van der Waals surface area contributed by atoms with Crippen LogP contribution >= 0.6 is 0 Å². The summed E-state index contributed by atoms with van der Waals surface area (Å²) in [6.45, 7) is 6.23. The van der Waals surface area contributed by atoms with Crippen molar-refractivity contribution in [1.29, 1.82) is 0 Å². The molecule has 0 radical (unpaired) electrons. The average molecular weight is 261 g/mol. The maximum Gasteiger partial charge on any atom is 0.119 e. The van der Waals surface area contributed by atoms with Crippen LogP contribution in [0.4, 0.5) is 0 Å². The highest BCUT2D eigenvalue weighted by molar-refractivity contribution is 5.20. The number of para-hydroxylation sites is 1. The first-order valence-corrected chi connectivity index (χ1v) is 7.28. The third-order valence-electron chi connectivity index (χ3n) is 4.24. The Morgan fingerprint density at radius 3 is 2.68 bits per heavy atom. The topological polar surface area (TPSA) is 36.5 Å². The Kier molecular flexibility index (Phi) is 4.01. The molecule has 2 N–H and O–H groups in total. The first-order valence-electron chi connectivity index (χ1n) is 7.28. The number of hydrogen-bond donors (Lipinski definition) is 2. The summed E-state index contributed by atoms with van der Waals surface area (Å²) in [5.41, 5.74) is 0.227. The maximum atomic E-state index is 5.82.